The molecule has 3 heterocycles. The molecule has 0 bridgehead atoms. The van der Waals surface area contributed by atoms with E-state index in [1.54, 1.807) is 36.4 Å². The molecule has 190 valence electrons. The monoisotopic (exact) mass is 530 g/mol. The van der Waals surface area contributed by atoms with Crippen molar-refractivity contribution in [3.63, 3.8) is 0 Å². The third-order valence-corrected chi connectivity index (χ3v) is 6.95. The normalized spacial score (nSPS) is 14.8. The van der Waals surface area contributed by atoms with E-state index >= 15 is 0 Å². The van der Waals surface area contributed by atoms with E-state index in [1.165, 1.54) is 38.9 Å². The zero-order chi connectivity index (χ0) is 26.6. The summed E-state index contributed by atoms with van der Waals surface area (Å²) in [6.45, 7) is 0. The standard InChI is InChI=1S/C29H19ClO8/c1-34-22-6-3-14(9-24(22)35-2)19-12-37-29-16(27(19)32)5-8-23-26(29)17(11-25(31)38-23)20-13-36-21-7-4-15(30)10-18(21)28(20)33/h3-10,12-13,17H,11H2,1-2H3/t17-/m1/s1. The van der Waals surface area contributed by atoms with E-state index in [2.05, 4.69) is 0 Å². The highest BCUT2D eigenvalue weighted by molar-refractivity contribution is 6.31. The Labute approximate surface area is 219 Å². The van der Waals surface area contributed by atoms with E-state index in [0.29, 0.717) is 38.8 Å². The van der Waals surface area contributed by atoms with Crippen molar-refractivity contribution in [1.82, 2.24) is 0 Å². The molecule has 0 fully saturated rings. The number of carbonyl (C=O) groups is 1. The van der Waals surface area contributed by atoms with Gasteiger partial charge in [-0.25, -0.2) is 0 Å². The van der Waals surface area contributed by atoms with Crippen LogP contribution >= 0.6 is 11.6 Å². The number of benzene rings is 3. The second-order valence-corrected chi connectivity index (χ2v) is 9.23. The zero-order valence-electron chi connectivity index (χ0n) is 20.2. The van der Waals surface area contributed by atoms with Crippen LogP contribution in [-0.2, 0) is 4.79 Å². The van der Waals surface area contributed by atoms with Gasteiger partial charge in [-0.2, -0.15) is 0 Å². The summed E-state index contributed by atoms with van der Waals surface area (Å²) in [7, 11) is 3.04. The summed E-state index contributed by atoms with van der Waals surface area (Å²) in [4.78, 5) is 39.6. The van der Waals surface area contributed by atoms with Gasteiger partial charge in [0.25, 0.3) is 0 Å². The van der Waals surface area contributed by atoms with Gasteiger partial charge in [0.1, 0.15) is 23.2 Å². The van der Waals surface area contributed by atoms with Gasteiger partial charge < -0.3 is 23.0 Å². The number of ether oxygens (including phenoxy) is 3. The molecule has 0 N–H and O–H groups in total. The average Bonchev–Trinajstić information content (AvgIpc) is 2.92. The van der Waals surface area contributed by atoms with Gasteiger partial charge in [-0.15, -0.1) is 0 Å². The molecular weight excluding hydrogens is 512 g/mol. The topological polar surface area (TPSA) is 105 Å². The lowest BCUT2D eigenvalue weighted by atomic mass is 9.85. The Kier molecular flexibility index (Phi) is 5.69. The van der Waals surface area contributed by atoms with E-state index in [0.717, 1.165) is 0 Å². The molecular formula is C29H19ClO8. The van der Waals surface area contributed by atoms with Crippen molar-refractivity contribution < 1.29 is 27.8 Å². The van der Waals surface area contributed by atoms with Gasteiger partial charge in [0.15, 0.2) is 16.9 Å². The number of fused-ring (bicyclic) bond motifs is 4. The van der Waals surface area contributed by atoms with Crippen LogP contribution in [-0.4, -0.2) is 20.2 Å². The molecule has 0 amide bonds. The molecule has 8 nitrogen and oxygen atoms in total. The molecule has 38 heavy (non-hydrogen) atoms. The van der Waals surface area contributed by atoms with Gasteiger partial charge in [-0.05, 0) is 48.0 Å². The average molecular weight is 531 g/mol. The molecule has 0 saturated heterocycles. The van der Waals surface area contributed by atoms with Gasteiger partial charge in [0.05, 0.1) is 43.2 Å². The van der Waals surface area contributed by atoms with Crippen LogP contribution < -0.4 is 25.1 Å². The number of esters is 1. The van der Waals surface area contributed by atoms with Crippen LogP contribution in [0.25, 0.3) is 33.1 Å². The van der Waals surface area contributed by atoms with Gasteiger partial charge in [0.2, 0.25) is 5.43 Å². The van der Waals surface area contributed by atoms with Crippen molar-refractivity contribution >= 4 is 39.5 Å². The molecule has 1 aliphatic rings. The third kappa shape index (κ3) is 3.72. The Hall–Kier alpha value is -4.56. The maximum Gasteiger partial charge on any atom is 0.312 e. The largest absolute Gasteiger partial charge is 0.493 e. The molecule has 1 atom stereocenters. The molecule has 0 spiro atoms. The molecule has 3 aromatic carbocycles. The Morgan fingerprint density at radius 2 is 1.66 bits per heavy atom. The van der Waals surface area contributed by atoms with E-state index in [9.17, 15) is 14.4 Å². The first-order valence-corrected chi connectivity index (χ1v) is 12.0. The molecule has 0 aliphatic carbocycles. The lowest BCUT2D eigenvalue weighted by molar-refractivity contribution is -0.135. The number of rotatable bonds is 4. The summed E-state index contributed by atoms with van der Waals surface area (Å²) < 4.78 is 27.9. The minimum atomic E-state index is -0.760. The van der Waals surface area contributed by atoms with Gasteiger partial charge in [-0.3, -0.25) is 14.4 Å². The van der Waals surface area contributed by atoms with Crippen LogP contribution in [0.3, 0.4) is 0 Å². The first kappa shape index (κ1) is 23.8. The zero-order valence-corrected chi connectivity index (χ0v) is 21.0. The Morgan fingerprint density at radius 1 is 0.842 bits per heavy atom. The fourth-order valence-electron chi connectivity index (χ4n) is 4.88. The van der Waals surface area contributed by atoms with Crippen molar-refractivity contribution in [2.24, 2.45) is 0 Å². The summed E-state index contributed by atoms with van der Waals surface area (Å²) in [6.07, 6.45) is 2.55. The third-order valence-electron chi connectivity index (χ3n) is 6.71. The molecule has 0 radical (unpaired) electrons. The van der Waals surface area contributed by atoms with Gasteiger partial charge in [0, 0.05) is 22.1 Å². The van der Waals surface area contributed by atoms with E-state index in [4.69, 9.17) is 34.6 Å². The van der Waals surface area contributed by atoms with Gasteiger partial charge >= 0.3 is 5.97 Å². The van der Waals surface area contributed by atoms with Crippen molar-refractivity contribution in [2.45, 2.75) is 12.3 Å². The predicted octanol–water partition coefficient (Wildman–Crippen LogP) is 5.68. The SMILES string of the molecule is COc1ccc(-c2coc3c4c(ccc3c2=O)OC(=O)C[C@@H]4c2coc3ccc(Cl)cc3c2=O)cc1OC. The van der Waals surface area contributed by atoms with Crippen LogP contribution in [0.2, 0.25) is 5.02 Å². The van der Waals surface area contributed by atoms with Crippen LogP contribution in [0.5, 0.6) is 17.2 Å². The minimum Gasteiger partial charge on any atom is -0.493 e. The van der Waals surface area contributed by atoms with Crippen molar-refractivity contribution in [2.75, 3.05) is 14.2 Å². The lowest BCUT2D eigenvalue weighted by Crippen LogP contribution is -2.25. The van der Waals surface area contributed by atoms with Crippen LogP contribution in [0, 0.1) is 0 Å². The molecule has 0 saturated carbocycles. The van der Waals surface area contributed by atoms with Crippen molar-refractivity contribution in [1.29, 1.82) is 0 Å². The van der Waals surface area contributed by atoms with Crippen LogP contribution in [0.15, 0.2) is 79.5 Å². The second-order valence-electron chi connectivity index (χ2n) is 8.79. The van der Waals surface area contributed by atoms with Crippen molar-refractivity contribution in [3.8, 4) is 28.4 Å². The molecule has 1 aliphatic heterocycles. The predicted molar refractivity (Wildman–Crippen MR) is 141 cm³/mol. The molecule has 2 aromatic heterocycles. The molecule has 6 rings (SSSR count). The van der Waals surface area contributed by atoms with Gasteiger partial charge in [-0.1, -0.05) is 17.7 Å². The first-order valence-electron chi connectivity index (χ1n) is 11.6. The highest BCUT2D eigenvalue weighted by Gasteiger charge is 2.34. The maximum absolute atomic E-state index is 13.6. The van der Waals surface area contributed by atoms with Crippen LogP contribution in [0.4, 0.5) is 0 Å². The number of methoxy groups -OCH3 is 2. The van der Waals surface area contributed by atoms with Crippen molar-refractivity contribution in [3.05, 3.63) is 97.7 Å². The highest BCUT2D eigenvalue weighted by Crippen LogP contribution is 2.42. The fourth-order valence-corrected chi connectivity index (χ4v) is 5.05. The van der Waals surface area contributed by atoms with E-state index in [-0.39, 0.29) is 44.9 Å². The molecule has 9 heteroatoms. The fraction of sp³-hybridized carbons (Fsp3) is 0.138. The summed E-state index contributed by atoms with van der Waals surface area (Å²) in [6, 6.07) is 12.9. The molecule has 5 aromatic rings. The number of halogens is 1. The second kappa shape index (κ2) is 9.08. The summed E-state index contributed by atoms with van der Waals surface area (Å²) in [5, 5.41) is 0.935. The molecule has 0 unspecified atom stereocenters. The summed E-state index contributed by atoms with van der Waals surface area (Å²) in [5.74, 6) is -0.0755. The Morgan fingerprint density at radius 3 is 2.45 bits per heavy atom. The highest BCUT2D eigenvalue weighted by atomic mass is 35.5. The number of hydrogen-bond donors (Lipinski definition) is 0. The van der Waals surface area contributed by atoms with E-state index < -0.39 is 11.9 Å². The maximum atomic E-state index is 13.6. The quantitative estimate of drug-likeness (QED) is 0.216. The lowest BCUT2D eigenvalue weighted by Gasteiger charge is -2.25. The Bertz CT molecular complexity index is 1880. The number of hydrogen-bond acceptors (Lipinski definition) is 8. The summed E-state index contributed by atoms with van der Waals surface area (Å²) >= 11 is 6.11. The minimum absolute atomic E-state index is 0.135. The first-order chi connectivity index (χ1) is 18.4. The van der Waals surface area contributed by atoms with E-state index in [1.807, 2.05) is 0 Å². The van der Waals surface area contributed by atoms with Crippen LogP contribution in [0.1, 0.15) is 23.5 Å². The number of carbonyl (C=O) groups excluding carboxylic acids is 1. The smallest absolute Gasteiger partial charge is 0.312 e. The summed E-state index contributed by atoms with van der Waals surface area (Å²) in [5.41, 5.74) is 1.50. The Balaban J connectivity index is 1.56.